The highest BCUT2D eigenvalue weighted by molar-refractivity contribution is 7.94. The molecule has 1 aliphatic carbocycles. The number of amides is 1. The van der Waals surface area contributed by atoms with Crippen molar-refractivity contribution in [2.45, 2.75) is 43.4 Å². The zero-order valence-corrected chi connectivity index (χ0v) is 19.7. The lowest BCUT2D eigenvalue weighted by molar-refractivity contribution is -0.136. The van der Waals surface area contributed by atoms with Gasteiger partial charge in [-0.3, -0.25) is 9.52 Å². The van der Waals surface area contributed by atoms with Gasteiger partial charge >= 0.3 is 5.97 Å². The fourth-order valence-electron chi connectivity index (χ4n) is 4.16. The molecule has 2 aliphatic rings. The van der Waals surface area contributed by atoms with Gasteiger partial charge in [0.2, 0.25) is 5.91 Å². The SMILES string of the molecule is COC(=O)c1c(S(=O)(=O)Nc2ccc(C)cc2)sc2c1CCN(C(=O)C1CC=CCC1)C2. The van der Waals surface area contributed by atoms with E-state index in [4.69, 9.17) is 4.74 Å². The number of allylic oxidation sites excluding steroid dienone is 2. The molecule has 1 atom stereocenters. The van der Waals surface area contributed by atoms with E-state index >= 15 is 0 Å². The van der Waals surface area contributed by atoms with Crippen LogP contribution in [0.2, 0.25) is 0 Å². The fourth-order valence-corrected chi connectivity index (χ4v) is 7.12. The molecule has 0 saturated heterocycles. The van der Waals surface area contributed by atoms with Crippen LogP contribution in [0.5, 0.6) is 0 Å². The van der Waals surface area contributed by atoms with Crippen LogP contribution in [0.3, 0.4) is 0 Å². The predicted molar refractivity (Wildman–Crippen MR) is 123 cm³/mol. The van der Waals surface area contributed by atoms with Crippen LogP contribution in [0, 0.1) is 12.8 Å². The molecule has 1 aromatic carbocycles. The molecule has 0 fully saturated rings. The van der Waals surface area contributed by atoms with Gasteiger partial charge in [0.25, 0.3) is 10.0 Å². The Morgan fingerprint density at radius 1 is 1.19 bits per heavy atom. The van der Waals surface area contributed by atoms with Crippen molar-refractivity contribution in [1.82, 2.24) is 4.90 Å². The van der Waals surface area contributed by atoms with Crippen molar-refractivity contribution in [2.24, 2.45) is 5.92 Å². The third kappa shape index (κ3) is 4.45. The zero-order chi connectivity index (χ0) is 22.9. The highest BCUT2D eigenvalue weighted by atomic mass is 32.2. The number of fused-ring (bicyclic) bond motifs is 1. The van der Waals surface area contributed by atoms with Gasteiger partial charge in [0.15, 0.2) is 4.21 Å². The summed E-state index contributed by atoms with van der Waals surface area (Å²) in [7, 11) is -2.77. The monoisotopic (exact) mass is 474 g/mol. The van der Waals surface area contributed by atoms with E-state index in [1.165, 1.54) is 7.11 Å². The van der Waals surface area contributed by atoms with Gasteiger partial charge in [-0.05, 0) is 50.3 Å². The van der Waals surface area contributed by atoms with E-state index in [9.17, 15) is 18.0 Å². The molecule has 7 nitrogen and oxygen atoms in total. The molecule has 32 heavy (non-hydrogen) atoms. The molecule has 2 heterocycles. The average molecular weight is 475 g/mol. The first kappa shape index (κ1) is 22.5. The number of nitrogens with one attached hydrogen (secondary N) is 1. The number of rotatable bonds is 5. The number of hydrogen-bond donors (Lipinski definition) is 1. The topological polar surface area (TPSA) is 92.8 Å². The van der Waals surface area contributed by atoms with Crippen molar-refractivity contribution in [2.75, 3.05) is 18.4 Å². The third-order valence-electron chi connectivity index (χ3n) is 5.89. The maximum Gasteiger partial charge on any atom is 0.340 e. The van der Waals surface area contributed by atoms with Gasteiger partial charge in [-0.15, -0.1) is 11.3 Å². The normalized spacial score (nSPS) is 18.2. The molecule has 1 amide bonds. The lowest BCUT2D eigenvalue weighted by Gasteiger charge is -2.31. The second kappa shape index (κ2) is 9.07. The number of ether oxygens (including phenoxy) is 1. The smallest absolute Gasteiger partial charge is 0.340 e. The Kier molecular flexibility index (Phi) is 6.39. The van der Waals surface area contributed by atoms with Crippen LogP contribution >= 0.6 is 11.3 Å². The van der Waals surface area contributed by atoms with Crippen molar-refractivity contribution in [3.05, 3.63) is 58.0 Å². The van der Waals surface area contributed by atoms with Gasteiger partial charge in [0, 0.05) is 23.0 Å². The van der Waals surface area contributed by atoms with Gasteiger partial charge in [0.1, 0.15) is 0 Å². The van der Waals surface area contributed by atoms with Crippen LogP contribution < -0.4 is 4.72 Å². The Balaban J connectivity index is 1.65. The largest absolute Gasteiger partial charge is 0.465 e. The summed E-state index contributed by atoms with van der Waals surface area (Å²) < 4.78 is 33.8. The van der Waals surface area contributed by atoms with E-state index < -0.39 is 16.0 Å². The lowest BCUT2D eigenvalue weighted by atomic mass is 9.92. The van der Waals surface area contributed by atoms with E-state index in [2.05, 4.69) is 10.8 Å². The van der Waals surface area contributed by atoms with Crippen LogP contribution in [0.1, 0.15) is 45.6 Å². The van der Waals surface area contributed by atoms with E-state index in [1.54, 1.807) is 17.0 Å². The van der Waals surface area contributed by atoms with Gasteiger partial charge in [0.05, 0.1) is 19.2 Å². The van der Waals surface area contributed by atoms with Crippen molar-refractivity contribution in [3.8, 4) is 0 Å². The van der Waals surface area contributed by atoms with E-state index in [0.29, 0.717) is 30.8 Å². The number of benzene rings is 1. The summed E-state index contributed by atoms with van der Waals surface area (Å²) in [6.45, 7) is 2.68. The Morgan fingerprint density at radius 3 is 2.59 bits per heavy atom. The predicted octanol–water partition coefficient (Wildman–Crippen LogP) is 3.88. The maximum atomic E-state index is 13.2. The molecule has 0 radical (unpaired) electrons. The van der Waals surface area contributed by atoms with Gasteiger partial charge < -0.3 is 9.64 Å². The number of sulfonamides is 1. The van der Waals surface area contributed by atoms with Crippen LogP contribution in [0.15, 0.2) is 40.6 Å². The number of nitrogens with zero attached hydrogens (tertiary/aromatic N) is 1. The third-order valence-corrected chi connectivity index (χ3v) is 9.01. The minimum Gasteiger partial charge on any atom is -0.465 e. The molecule has 0 spiro atoms. The molecular formula is C23H26N2O5S2. The second-order valence-electron chi connectivity index (χ2n) is 8.12. The van der Waals surface area contributed by atoms with Crippen molar-refractivity contribution < 1.29 is 22.7 Å². The molecule has 9 heteroatoms. The molecule has 1 aromatic heterocycles. The van der Waals surface area contributed by atoms with Crippen LogP contribution in [-0.2, 0) is 32.5 Å². The number of carbonyl (C=O) groups is 2. The average Bonchev–Trinajstić information content (AvgIpc) is 3.20. The minimum atomic E-state index is -4.01. The second-order valence-corrected chi connectivity index (χ2v) is 11.1. The summed E-state index contributed by atoms with van der Waals surface area (Å²) in [5, 5.41) is 0. The van der Waals surface area contributed by atoms with Crippen molar-refractivity contribution >= 4 is 38.9 Å². The maximum absolute atomic E-state index is 13.2. The Hall–Kier alpha value is -2.65. The number of thiophene rings is 1. The summed E-state index contributed by atoms with van der Waals surface area (Å²) in [5.74, 6) is -0.618. The van der Waals surface area contributed by atoms with Gasteiger partial charge in [-0.25, -0.2) is 13.2 Å². The van der Waals surface area contributed by atoms with E-state index in [1.807, 2.05) is 25.1 Å². The molecule has 1 aliphatic heterocycles. The van der Waals surface area contributed by atoms with Crippen LogP contribution in [0.25, 0.3) is 0 Å². The first-order valence-electron chi connectivity index (χ1n) is 10.6. The molecule has 1 unspecified atom stereocenters. The molecule has 1 N–H and O–H groups in total. The minimum absolute atomic E-state index is 0.0343. The highest BCUT2D eigenvalue weighted by Gasteiger charge is 2.36. The van der Waals surface area contributed by atoms with Gasteiger partial charge in [-0.2, -0.15) is 0 Å². The number of hydrogen-bond acceptors (Lipinski definition) is 6. The molecule has 0 bridgehead atoms. The van der Waals surface area contributed by atoms with E-state index in [-0.39, 0.29) is 21.6 Å². The summed E-state index contributed by atoms with van der Waals surface area (Å²) in [6, 6.07) is 6.97. The quantitative estimate of drug-likeness (QED) is 0.524. The summed E-state index contributed by atoms with van der Waals surface area (Å²) in [5.41, 5.74) is 2.17. The number of esters is 1. The summed E-state index contributed by atoms with van der Waals surface area (Å²) in [4.78, 5) is 28.1. The summed E-state index contributed by atoms with van der Waals surface area (Å²) in [6.07, 6.45) is 7.02. The molecule has 170 valence electrons. The Bertz CT molecular complexity index is 1170. The lowest BCUT2D eigenvalue weighted by Crippen LogP contribution is -2.39. The van der Waals surface area contributed by atoms with Crippen LogP contribution in [0.4, 0.5) is 5.69 Å². The van der Waals surface area contributed by atoms with Crippen molar-refractivity contribution in [3.63, 3.8) is 0 Å². The molecule has 2 aromatic rings. The zero-order valence-electron chi connectivity index (χ0n) is 18.1. The number of methoxy groups -OCH3 is 1. The number of carbonyl (C=O) groups excluding carboxylic acids is 2. The molecule has 4 rings (SSSR count). The molecular weight excluding hydrogens is 448 g/mol. The van der Waals surface area contributed by atoms with Crippen LogP contribution in [-0.4, -0.2) is 38.8 Å². The number of anilines is 1. The Labute approximate surface area is 192 Å². The van der Waals surface area contributed by atoms with E-state index in [0.717, 1.165) is 41.0 Å². The number of aryl methyl sites for hydroxylation is 1. The standard InChI is InChI=1S/C23H26N2O5S2/c1-15-8-10-17(11-9-15)24-32(28,29)23-20(22(27)30-2)18-12-13-25(14-19(18)31-23)21(26)16-6-4-3-5-7-16/h3-4,8-11,16,24H,5-7,12-14H2,1-2H3. The fraction of sp³-hybridized carbons (Fsp3) is 0.391. The summed E-state index contributed by atoms with van der Waals surface area (Å²) >= 11 is 1.04. The highest BCUT2D eigenvalue weighted by Crippen LogP contribution is 2.38. The van der Waals surface area contributed by atoms with Crippen molar-refractivity contribution in [1.29, 1.82) is 0 Å². The first-order chi connectivity index (χ1) is 15.3. The molecule has 0 saturated carbocycles. The van der Waals surface area contributed by atoms with Gasteiger partial charge in [-0.1, -0.05) is 29.8 Å². The Morgan fingerprint density at radius 2 is 1.94 bits per heavy atom. The first-order valence-corrected chi connectivity index (χ1v) is 12.9.